The van der Waals surface area contributed by atoms with E-state index in [0.717, 1.165) is 5.56 Å². The molecule has 0 aliphatic heterocycles. The van der Waals surface area contributed by atoms with E-state index in [1.165, 1.54) is 0 Å². The van der Waals surface area contributed by atoms with E-state index in [9.17, 15) is 5.11 Å². The van der Waals surface area contributed by atoms with Crippen molar-refractivity contribution in [3.05, 3.63) is 78.9 Å². The van der Waals surface area contributed by atoms with Crippen molar-refractivity contribution in [2.24, 2.45) is 0 Å². The smallest absolute Gasteiger partial charge is 0.120 e. The molecule has 0 aliphatic carbocycles. The van der Waals surface area contributed by atoms with Crippen LogP contribution in [0.1, 0.15) is 12.5 Å². The summed E-state index contributed by atoms with van der Waals surface area (Å²) in [7, 11) is 0. The first kappa shape index (κ1) is 22.7. The van der Waals surface area contributed by atoms with Gasteiger partial charge in [-0.1, -0.05) is 60.7 Å². The Kier molecular flexibility index (Phi) is 19.2. The van der Waals surface area contributed by atoms with E-state index >= 15 is 0 Å². The van der Waals surface area contributed by atoms with Crippen LogP contribution in [0, 0.1) is 12.8 Å². The fraction of sp³-hybridized carbons (Fsp3) is 0.200. The van der Waals surface area contributed by atoms with Crippen molar-refractivity contribution < 1.29 is 10.2 Å². The molecule has 0 aromatic heterocycles. The van der Waals surface area contributed by atoms with Crippen LogP contribution in [0.3, 0.4) is 0 Å². The van der Waals surface area contributed by atoms with Crippen molar-refractivity contribution in [1.29, 1.82) is 0 Å². The minimum absolute atomic E-state index is 0.119. The maximum Gasteiger partial charge on any atom is 0.120 e. The SMILES string of the molecule is C#C.C=CC.OCCNCc1ccccc1O.c1ccccc1. The standard InChI is InChI=1S/C9H13NO2.C6H6.C3H6.C2H2/c11-6-5-10-7-8-3-1-2-4-9(8)12;1-2-4-6-5-3-1;1-3-2;1-2/h1-4,10-12H,5-7H2;1-6H;3H,1H2,2H3;1-2H. The summed E-state index contributed by atoms with van der Waals surface area (Å²) in [6.07, 6.45) is 9.75. The number of benzene rings is 2. The second-order valence-electron chi connectivity index (χ2n) is 4.09. The average Bonchev–Trinajstić information content (AvgIpc) is 2.61. The monoisotopic (exact) mass is 313 g/mol. The van der Waals surface area contributed by atoms with Gasteiger partial charge in [-0.3, -0.25) is 0 Å². The van der Waals surface area contributed by atoms with E-state index in [2.05, 4.69) is 24.7 Å². The van der Waals surface area contributed by atoms with E-state index in [-0.39, 0.29) is 6.61 Å². The molecule has 2 aromatic rings. The predicted octanol–water partition coefficient (Wildman–Crippen LogP) is 3.60. The molecule has 3 nitrogen and oxygen atoms in total. The quantitative estimate of drug-likeness (QED) is 0.459. The molecule has 23 heavy (non-hydrogen) atoms. The number of terminal acetylenes is 1. The van der Waals surface area contributed by atoms with Gasteiger partial charge in [-0.2, -0.15) is 0 Å². The normalized spacial score (nSPS) is 8.00. The summed E-state index contributed by atoms with van der Waals surface area (Å²) in [5, 5.41) is 20.8. The zero-order valence-electron chi connectivity index (χ0n) is 13.7. The number of hydrogen-bond donors (Lipinski definition) is 3. The predicted molar refractivity (Wildman–Crippen MR) is 99.1 cm³/mol. The number of hydrogen-bond acceptors (Lipinski definition) is 3. The number of phenols is 1. The van der Waals surface area contributed by atoms with Crippen LogP contribution in [0.2, 0.25) is 0 Å². The molecule has 0 saturated heterocycles. The summed E-state index contributed by atoms with van der Waals surface area (Å²) in [6.45, 7) is 6.51. The van der Waals surface area contributed by atoms with E-state index < -0.39 is 0 Å². The number of nitrogens with one attached hydrogen (secondary N) is 1. The lowest BCUT2D eigenvalue weighted by Crippen LogP contribution is -2.17. The van der Waals surface area contributed by atoms with Crippen LogP contribution in [-0.2, 0) is 6.54 Å². The van der Waals surface area contributed by atoms with Gasteiger partial charge in [0.15, 0.2) is 0 Å². The number of rotatable bonds is 4. The molecule has 0 saturated carbocycles. The first-order valence-electron chi connectivity index (χ1n) is 7.25. The molecular weight excluding hydrogens is 286 g/mol. The minimum Gasteiger partial charge on any atom is -0.508 e. The van der Waals surface area contributed by atoms with Crippen molar-refractivity contribution in [1.82, 2.24) is 5.32 Å². The molecule has 0 radical (unpaired) electrons. The molecule has 0 unspecified atom stereocenters. The molecule has 0 aliphatic rings. The maximum atomic E-state index is 9.31. The van der Waals surface area contributed by atoms with E-state index in [1.807, 2.05) is 55.5 Å². The molecule has 124 valence electrons. The van der Waals surface area contributed by atoms with Gasteiger partial charge in [0.25, 0.3) is 0 Å². The third-order valence-corrected chi connectivity index (χ3v) is 2.26. The van der Waals surface area contributed by atoms with Gasteiger partial charge in [0.05, 0.1) is 6.61 Å². The number of aliphatic hydroxyl groups is 1. The second kappa shape index (κ2) is 19.5. The summed E-state index contributed by atoms with van der Waals surface area (Å²) in [5.41, 5.74) is 0.853. The molecular formula is C20H27NO2. The van der Waals surface area contributed by atoms with Crippen molar-refractivity contribution in [2.75, 3.05) is 13.2 Å². The molecule has 0 amide bonds. The van der Waals surface area contributed by atoms with Gasteiger partial charge >= 0.3 is 0 Å². The molecule has 3 N–H and O–H groups in total. The Morgan fingerprint density at radius 3 is 1.83 bits per heavy atom. The summed E-state index contributed by atoms with van der Waals surface area (Å²) < 4.78 is 0. The summed E-state index contributed by atoms with van der Waals surface area (Å²) in [5.74, 6) is 0.294. The van der Waals surface area contributed by atoms with E-state index in [4.69, 9.17) is 5.11 Å². The first-order valence-corrected chi connectivity index (χ1v) is 7.25. The molecule has 2 aromatic carbocycles. The highest BCUT2D eigenvalue weighted by molar-refractivity contribution is 5.31. The summed E-state index contributed by atoms with van der Waals surface area (Å²) in [6, 6.07) is 19.1. The third-order valence-electron chi connectivity index (χ3n) is 2.26. The van der Waals surface area contributed by atoms with Crippen molar-refractivity contribution in [3.63, 3.8) is 0 Å². The van der Waals surface area contributed by atoms with Crippen LogP contribution in [0.4, 0.5) is 0 Å². The first-order chi connectivity index (χ1) is 11.3. The van der Waals surface area contributed by atoms with E-state index in [0.29, 0.717) is 18.8 Å². The minimum atomic E-state index is 0.119. The van der Waals surface area contributed by atoms with Gasteiger partial charge in [-0.05, 0) is 13.0 Å². The summed E-state index contributed by atoms with van der Waals surface area (Å²) in [4.78, 5) is 0. The molecule has 0 heterocycles. The van der Waals surface area contributed by atoms with Crippen LogP contribution < -0.4 is 5.32 Å². The van der Waals surface area contributed by atoms with Crippen molar-refractivity contribution >= 4 is 0 Å². The highest BCUT2D eigenvalue weighted by Crippen LogP contribution is 2.14. The fourth-order valence-electron chi connectivity index (χ4n) is 1.35. The van der Waals surface area contributed by atoms with Crippen LogP contribution in [-0.4, -0.2) is 23.4 Å². The largest absolute Gasteiger partial charge is 0.508 e. The van der Waals surface area contributed by atoms with Gasteiger partial charge < -0.3 is 15.5 Å². The molecule has 0 spiro atoms. The van der Waals surface area contributed by atoms with Crippen LogP contribution in [0.15, 0.2) is 73.3 Å². The Hall–Kier alpha value is -2.54. The lowest BCUT2D eigenvalue weighted by atomic mass is 10.2. The number of aromatic hydroxyl groups is 1. The Morgan fingerprint density at radius 2 is 1.43 bits per heavy atom. The number of para-hydroxylation sites is 1. The molecule has 0 fully saturated rings. The maximum absolute atomic E-state index is 9.31. The number of aliphatic hydroxyl groups excluding tert-OH is 1. The number of allylic oxidation sites excluding steroid dienone is 1. The van der Waals surface area contributed by atoms with Crippen LogP contribution in [0.25, 0.3) is 0 Å². The second-order valence-corrected chi connectivity index (χ2v) is 4.09. The van der Waals surface area contributed by atoms with Crippen LogP contribution >= 0.6 is 0 Å². The van der Waals surface area contributed by atoms with Crippen molar-refractivity contribution in [3.8, 4) is 18.6 Å². The zero-order chi connectivity index (χ0) is 17.8. The molecule has 3 heteroatoms. The molecule has 2 rings (SSSR count). The molecule has 0 atom stereocenters. The average molecular weight is 313 g/mol. The van der Waals surface area contributed by atoms with Gasteiger partial charge in [0, 0.05) is 18.7 Å². The number of phenolic OH excluding ortho intramolecular Hbond substituents is 1. The Labute approximate surface area is 140 Å². The van der Waals surface area contributed by atoms with Crippen LogP contribution in [0.5, 0.6) is 5.75 Å². The topological polar surface area (TPSA) is 52.5 Å². The molecule has 0 bridgehead atoms. The van der Waals surface area contributed by atoms with E-state index in [1.54, 1.807) is 18.2 Å². The van der Waals surface area contributed by atoms with Gasteiger partial charge in [0.1, 0.15) is 5.75 Å². The Bertz CT molecular complexity index is 469. The fourth-order valence-corrected chi connectivity index (χ4v) is 1.35. The van der Waals surface area contributed by atoms with Crippen molar-refractivity contribution in [2.45, 2.75) is 13.5 Å². The van der Waals surface area contributed by atoms with Gasteiger partial charge in [-0.25, -0.2) is 0 Å². The highest BCUT2D eigenvalue weighted by Gasteiger charge is 1.96. The lowest BCUT2D eigenvalue weighted by molar-refractivity contribution is 0.291. The van der Waals surface area contributed by atoms with Gasteiger partial charge in [-0.15, -0.1) is 19.4 Å². The lowest BCUT2D eigenvalue weighted by Gasteiger charge is -2.04. The Balaban J connectivity index is 0. The van der Waals surface area contributed by atoms with Gasteiger partial charge in [0.2, 0.25) is 0 Å². The zero-order valence-corrected chi connectivity index (χ0v) is 13.7. The highest BCUT2D eigenvalue weighted by atomic mass is 16.3. The summed E-state index contributed by atoms with van der Waals surface area (Å²) >= 11 is 0. The Morgan fingerprint density at radius 1 is 1.00 bits per heavy atom. The third kappa shape index (κ3) is 15.7.